The number of halogens is 1. The van der Waals surface area contributed by atoms with Crippen molar-refractivity contribution in [3.63, 3.8) is 0 Å². The van der Waals surface area contributed by atoms with Crippen LogP contribution >= 0.6 is 15.9 Å². The van der Waals surface area contributed by atoms with E-state index in [-0.39, 0.29) is 0 Å². The highest BCUT2D eigenvalue weighted by atomic mass is 79.9. The van der Waals surface area contributed by atoms with Crippen molar-refractivity contribution in [2.24, 2.45) is 0 Å². The van der Waals surface area contributed by atoms with Gasteiger partial charge in [0.15, 0.2) is 4.67 Å². The average Bonchev–Trinajstić information content (AvgIpc) is 2.51. The van der Waals surface area contributed by atoms with Crippen LogP contribution in [0.3, 0.4) is 0 Å². The Morgan fingerprint density at radius 3 is 2.79 bits per heavy atom. The van der Waals surface area contributed by atoms with Crippen LogP contribution < -0.4 is 10.6 Å². The monoisotopic (exact) mass is 260 g/mol. The second-order valence-corrected chi connectivity index (χ2v) is 4.23. The third-order valence-electron chi connectivity index (χ3n) is 1.86. The number of rotatable bonds is 6. The van der Waals surface area contributed by atoms with Crippen molar-refractivity contribution in [1.29, 1.82) is 0 Å². The summed E-state index contributed by atoms with van der Waals surface area (Å²) in [6.45, 7) is 7.10. The molecule has 80 valence electrons. The van der Waals surface area contributed by atoms with E-state index >= 15 is 0 Å². The molecule has 0 spiro atoms. The number of hydrogen-bond donors (Lipinski definition) is 2. The summed E-state index contributed by atoms with van der Waals surface area (Å²) in [6.07, 6.45) is 1.69. The van der Waals surface area contributed by atoms with Crippen molar-refractivity contribution < 1.29 is 4.42 Å². The van der Waals surface area contributed by atoms with Crippen LogP contribution in [0.15, 0.2) is 21.4 Å². The van der Waals surface area contributed by atoms with Gasteiger partial charge in [-0.2, -0.15) is 0 Å². The molecule has 4 heteroatoms. The standard InChI is InChI=1S/C10H17BrN2O/c1-8(2)13-5-4-12-7-9-3-6-14-10(9)11/h3,6,8,12-13H,4-5,7H2,1-2H3. The average molecular weight is 261 g/mol. The zero-order valence-electron chi connectivity index (χ0n) is 8.64. The Bertz CT molecular complexity index is 260. The van der Waals surface area contributed by atoms with Crippen LogP contribution in [0.2, 0.25) is 0 Å². The molecule has 0 aromatic carbocycles. The maximum atomic E-state index is 5.12. The highest BCUT2D eigenvalue weighted by Gasteiger charge is 2.00. The van der Waals surface area contributed by atoms with Crippen molar-refractivity contribution in [2.45, 2.75) is 26.4 Å². The molecule has 0 unspecified atom stereocenters. The molecule has 1 rings (SSSR count). The lowest BCUT2D eigenvalue weighted by molar-refractivity contribution is 0.528. The Morgan fingerprint density at radius 2 is 2.21 bits per heavy atom. The molecule has 0 atom stereocenters. The Kier molecular flexibility index (Phi) is 5.22. The molecule has 0 saturated carbocycles. The smallest absolute Gasteiger partial charge is 0.173 e. The van der Waals surface area contributed by atoms with Gasteiger partial charge in [0.05, 0.1) is 6.26 Å². The van der Waals surface area contributed by atoms with E-state index in [0.717, 1.165) is 29.9 Å². The van der Waals surface area contributed by atoms with E-state index in [1.54, 1.807) is 6.26 Å². The van der Waals surface area contributed by atoms with Crippen molar-refractivity contribution in [1.82, 2.24) is 10.6 Å². The van der Waals surface area contributed by atoms with Crippen LogP contribution in [0, 0.1) is 0 Å². The van der Waals surface area contributed by atoms with Gasteiger partial charge in [0.1, 0.15) is 0 Å². The maximum Gasteiger partial charge on any atom is 0.173 e. The lowest BCUT2D eigenvalue weighted by Gasteiger charge is -2.08. The molecule has 1 aromatic rings. The molecule has 0 fully saturated rings. The van der Waals surface area contributed by atoms with Gasteiger partial charge in [-0.15, -0.1) is 0 Å². The van der Waals surface area contributed by atoms with Gasteiger partial charge in [0.25, 0.3) is 0 Å². The third-order valence-corrected chi connectivity index (χ3v) is 2.56. The van der Waals surface area contributed by atoms with Gasteiger partial charge in [0, 0.05) is 31.2 Å². The predicted octanol–water partition coefficient (Wildman–Crippen LogP) is 2.13. The van der Waals surface area contributed by atoms with Crippen molar-refractivity contribution in [3.05, 3.63) is 22.6 Å². The van der Waals surface area contributed by atoms with Gasteiger partial charge in [0.2, 0.25) is 0 Å². The highest BCUT2D eigenvalue weighted by molar-refractivity contribution is 9.10. The van der Waals surface area contributed by atoms with E-state index < -0.39 is 0 Å². The number of furan rings is 1. The first-order valence-corrected chi connectivity index (χ1v) is 5.65. The Hall–Kier alpha value is -0.320. The fourth-order valence-electron chi connectivity index (χ4n) is 1.12. The van der Waals surface area contributed by atoms with E-state index in [2.05, 4.69) is 40.4 Å². The summed E-state index contributed by atoms with van der Waals surface area (Å²) >= 11 is 3.34. The minimum Gasteiger partial charge on any atom is -0.457 e. The van der Waals surface area contributed by atoms with Crippen LogP contribution in [-0.2, 0) is 6.54 Å². The van der Waals surface area contributed by atoms with Gasteiger partial charge < -0.3 is 15.1 Å². The second kappa shape index (κ2) is 6.22. The van der Waals surface area contributed by atoms with Gasteiger partial charge in [-0.05, 0) is 22.0 Å². The van der Waals surface area contributed by atoms with Gasteiger partial charge >= 0.3 is 0 Å². The zero-order valence-corrected chi connectivity index (χ0v) is 10.2. The Morgan fingerprint density at radius 1 is 1.43 bits per heavy atom. The molecule has 3 nitrogen and oxygen atoms in total. The van der Waals surface area contributed by atoms with Gasteiger partial charge in [-0.25, -0.2) is 0 Å². The lowest BCUT2D eigenvalue weighted by atomic mass is 10.3. The van der Waals surface area contributed by atoms with Crippen molar-refractivity contribution in [2.75, 3.05) is 13.1 Å². The van der Waals surface area contributed by atoms with Crippen LogP contribution in [0.4, 0.5) is 0 Å². The molecule has 0 radical (unpaired) electrons. The molecule has 1 aromatic heterocycles. The molecular formula is C10H17BrN2O. The summed E-state index contributed by atoms with van der Waals surface area (Å²) in [5.41, 5.74) is 1.16. The molecule has 0 bridgehead atoms. The molecular weight excluding hydrogens is 244 g/mol. The molecule has 0 aliphatic heterocycles. The third kappa shape index (κ3) is 4.26. The molecule has 14 heavy (non-hydrogen) atoms. The van der Waals surface area contributed by atoms with Crippen LogP contribution in [0.5, 0.6) is 0 Å². The van der Waals surface area contributed by atoms with Gasteiger partial charge in [-0.3, -0.25) is 0 Å². The van der Waals surface area contributed by atoms with Crippen molar-refractivity contribution >= 4 is 15.9 Å². The SMILES string of the molecule is CC(C)NCCNCc1ccoc1Br. The fourth-order valence-corrected chi connectivity index (χ4v) is 1.50. The highest BCUT2D eigenvalue weighted by Crippen LogP contribution is 2.16. The summed E-state index contributed by atoms with van der Waals surface area (Å²) < 4.78 is 5.94. The largest absolute Gasteiger partial charge is 0.457 e. The number of hydrogen-bond acceptors (Lipinski definition) is 3. The van der Waals surface area contributed by atoms with E-state index in [9.17, 15) is 0 Å². The Balaban J connectivity index is 2.08. The molecule has 0 aliphatic carbocycles. The lowest BCUT2D eigenvalue weighted by Crippen LogP contribution is -2.31. The normalized spacial score (nSPS) is 11.1. The van der Waals surface area contributed by atoms with Crippen molar-refractivity contribution in [3.8, 4) is 0 Å². The predicted molar refractivity (Wildman–Crippen MR) is 61.3 cm³/mol. The van der Waals surface area contributed by atoms with E-state index in [1.165, 1.54) is 0 Å². The quantitative estimate of drug-likeness (QED) is 0.770. The first-order valence-electron chi connectivity index (χ1n) is 4.86. The summed E-state index contributed by atoms with van der Waals surface area (Å²) in [5, 5.41) is 6.67. The summed E-state index contributed by atoms with van der Waals surface area (Å²) in [6, 6.07) is 2.52. The van der Waals surface area contributed by atoms with Gasteiger partial charge in [-0.1, -0.05) is 13.8 Å². The Labute approximate surface area is 93.4 Å². The number of nitrogens with one attached hydrogen (secondary N) is 2. The first kappa shape index (κ1) is 11.8. The maximum absolute atomic E-state index is 5.12. The molecule has 0 aliphatic rings. The first-order chi connectivity index (χ1) is 6.70. The van der Waals surface area contributed by atoms with Crippen LogP contribution in [0.1, 0.15) is 19.4 Å². The molecule has 1 heterocycles. The van der Waals surface area contributed by atoms with E-state index in [0.29, 0.717) is 6.04 Å². The molecule has 0 saturated heterocycles. The molecule has 0 amide bonds. The second-order valence-electron chi connectivity index (χ2n) is 3.51. The fraction of sp³-hybridized carbons (Fsp3) is 0.600. The minimum atomic E-state index is 0.553. The zero-order chi connectivity index (χ0) is 10.4. The summed E-state index contributed by atoms with van der Waals surface area (Å²) in [5.74, 6) is 0. The summed E-state index contributed by atoms with van der Waals surface area (Å²) in [4.78, 5) is 0. The van der Waals surface area contributed by atoms with E-state index in [1.807, 2.05) is 6.07 Å². The molecule has 2 N–H and O–H groups in total. The topological polar surface area (TPSA) is 37.2 Å². The van der Waals surface area contributed by atoms with Crippen LogP contribution in [0.25, 0.3) is 0 Å². The van der Waals surface area contributed by atoms with E-state index in [4.69, 9.17) is 4.42 Å². The minimum absolute atomic E-state index is 0.553. The summed E-state index contributed by atoms with van der Waals surface area (Å²) in [7, 11) is 0. The van der Waals surface area contributed by atoms with Crippen LogP contribution in [-0.4, -0.2) is 19.1 Å².